The highest BCUT2D eigenvalue weighted by molar-refractivity contribution is 6.36. The SMILES string of the molecule is COC(=O)C(=O)C(Cc1ccccc1)NC(=O)c1cn(C(F)F)nc1-c1ccccn1. The van der Waals surface area contributed by atoms with Gasteiger partial charge in [-0.3, -0.25) is 14.6 Å². The van der Waals surface area contributed by atoms with Crippen molar-refractivity contribution in [1.29, 1.82) is 0 Å². The van der Waals surface area contributed by atoms with Gasteiger partial charge in [0.05, 0.1) is 18.4 Å². The maximum atomic E-state index is 13.2. The van der Waals surface area contributed by atoms with E-state index in [1.54, 1.807) is 42.5 Å². The minimum absolute atomic E-state index is 0.00240. The lowest BCUT2D eigenvalue weighted by Crippen LogP contribution is -2.45. The van der Waals surface area contributed by atoms with Gasteiger partial charge in [0, 0.05) is 18.8 Å². The lowest BCUT2D eigenvalue weighted by atomic mass is 10.0. The Morgan fingerprint density at radius 3 is 2.42 bits per heavy atom. The molecule has 0 fully saturated rings. The van der Waals surface area contributed by atoms with Gasteiger partial charge < -0.3 is 10.1 Å². The van der Waals surface area contributed by atoms with E-state index in [1.807, 2.05) is 0 Å². The molecule has 0 saturated heterocycles. The molecule has 1 aromatic carbocycles. The van der Waals surface area contributed by atoms with Crippen molar-refractivity contribution in [3.8, 4) is 11.4 Å². The Balaban J connectivity index is 1.94. The van der Waals surface area contributed by atoms with Crippen LogP contribution in [-0.2, 0) is 20.7 Å². The van der Waals surface area contributed by atoms with Crippen LogP contribution in [0.4, 0.5) is 8.78 Å². The summed E-state index contributed by atoms with van der Waals surface area (Å²) in [6.07, 6.45) is 2.30. The van der Waals surface area contributed by atoms with Gasteiger partial charge in [0.2, 0.25) is 0 Å². The molecule has 2 aromatic heterocycles. The van der Waals surface area contributed by atoms with E-state index in [0.717, 1.165) is 13.3 Å². The lowest BCUT2D eigenvalue weighted by molar-refractivity contribution is -0.152. The molecular weight excluding hydrogens is 410 g/mol. The zero-order valence-electron chi connectivity index (χ0n) is 16.4. The first-order valence-corrected chi connectivity index (χ1v) is 9.16. The summed E-state index contributed by atoms with van der Waals surface area (Å²) in [6.45, 7) is -2.99. The van der Waals surface area contributed by atoms with E-state index in [9.17, 15) is 23.2 Å². The first-order chi connectivity index (χ1) is 14.9. The predicted molar refractivity (Wildman–Crippen MR) is 105 cm³/mol. The van der Waals surface area contributed by atoms with Crippen LogP contribution in [0.3, 0.4) is 0 Å². The third-order valence-corrected chi connectivity index (χ3v) is 4.38. The van der Waals surface area contributed by atoms with Gasteiger partial charge in [-0.2, -0.15) is 13.9 Å². The van der Waals surface area contributed by atoms with Crippen molar-refractivity contribution in [2.24, 2.45) is 0 Å². The summed E-state index contributed by atoms with van der Waals surface area (Å²) in [5, 5.41) is 6.20. The van der Waals surface area contributed by atoms with E-state index in [0.29, 0.717) is 10.2 Å². The van der Waals surface area contributed by atoms with E-state index in [4.69, 9.17) is 0 Å². The maximum Gasteiger partial charge on any atom is 0.376 e. The molecule has 10 heteroatoms. The van der Waals surface area contributed by atoms with Gasteiger partial charge in [0.25, 0.3) is 11.7 Å². The highest BCUT2D eigenvalue weighted by Gasteiger charge is 2.30. The van der Waals surface area contributed by atoms with Crippen molar-refractivity contribution in [3.63, 3.8) is 0 Å². The monoisotopic (exact) mass is 428 g/mol. The summed E-state index contributed by atoms with van der Waals surface area (Å²) in [4.78, 5) is 41.3. The zero-order valence-corrected chi connectivity index (χ0v) is 16.4. The fourth-order valence-electron chi connectivity index (χ4n) is 2.89. The Morgan fingerprint density at radius 1 is 1.10 bits per heavy atom. The predicted octanol–water partition coefficient (Wildman–Crippen LogP) is 2.42. The summed E-state index contributed by atoms with van der Waals surface area (Å²) in [5.74, 6) is -2.96. The number of pyridine rings is 1. The second-order valence-electron chi connectivity index (χ2n) is 6.44. The third kappa shape index (κ3) is 5.16. The van der Waals surface area contributed by atoms with Crippen LogP contribution in [0.25, 0.3) is 11.4 Å². The molecule has 0 spiro atoms. The average Bonchev–Trinajstić information content (AvgIpc) is 3.25. The van der Waals surface area contributed by atoms with Crippen molar-refractivity contribution in [3.05, 3.63) is 72.1 Å². The van der Waals surface area contributed by atoms with Crippen LogP contribution in [-0.4, -0.2) is 45.6 Å². The molecule has 160 valence electrons. The van der Waals surface area contributed by atoms with E-state index < -0.39 is 30.3 Å². The van der Waals surface area contributed by atoms with E-state index in [2.05, 4.69) is 20.1 Å². The number of amides is 1. The molecule has 0 saturated carbocycles. The molecule has 0 radical (unpaired) electrons. The van der Waals surface area contributed by atoms with Gasteiger partial charge >= 0.3 is 12.5 Å². The largest absolute Gasteiger partial charge is 0.463 e. The van der Waals surface area contributed by atoms with Crippen LogP contribution >= 0.6 is 0 Å². The maximum absolute atomic E-state index is 13.2. The molecule has 8 nitrogen and oxygen atoms in total. The standard InChI is InChI=1S/C21H18F2N4O4/c1-31-20(30)18(28)16(11-13-7-3-2-4-8-13)25-19(29)14-12-27(21(22)23)26-17(14)15-9-5-6-10-24-15/h2-10,12,16,21H,11H2,1H3,(H,25,29). The summed E-state index contributed by atoms with van der Waals surface area (Å²) in [6, 6.07) is 12.2. The number of carbonyl (C=O) groups is 3. The zero-order chi connectivity index (χ0) is 22.4. The van der Waals surface area contributed by atoms with Crippen molar-refractivity contribution >= 4 is 17.7 Å². The molecule has 3 rings (SSSR count). The molecule has 0 aliphatic rings. The molecule has 1 unspecified atom stereocenters. The Labute approximate surface area is 175 Å². The smallest absolute Gasteiger partial charge is 0.376 e. The summed E-state index contributed by atoms with van der Waals surface area (Å²) >= 11 is 0. The number of hydrogen-bond donors (Lipinski definition) is 1. The third-order valence-electron chi connectivity index (χ3n) is 4.38. The number of nitrogens with zero attached hydrogens (tertiary/aromatic N) is 3. The van der Waals surface area contributed by atoms with Crippen molar-refractivity contribution < 1.29 is 27.9 Å². The number of nitrogens with one attached hydrogen (secondary N) is 1. The molecule has 1 atom stereocenters. The van der Waals surface area contributed by atoms with Gasteiger partial charge in [0.15, 0.2) is 0 Å². The topological polar surface area (TPSA) is 103 Å². The van der Waals surface area contributed by atoms with Crippen LogP contribution < -0.4 is 5.32 Å². The van der Waals surface area contributed by atoms with E-state index in [-0.39, 0.29) is 23.4 Å². The Hall–Kier alpha value is -3.95. The Kier molecular flexibility index (Phi) is 6.81. The highest BCUT2D eigenvalue weighted by Crippen LogP contribution is 2.23. The number of carbonyl (C=O) groups excluding carboxylic acids is 3. The number of aromatic nitrogens is 3. The van der Waals surface area contributed by atoms with Gasteiger partial charge in [-0.15, -0.1) is 0 Å². The Morgan fingerprint density at radius 2 is 1.81 bits per heavy atom. The number of methoxy groups -OCH3 is 1. The second kappa shape index (κ2) is 9.70. The summed E-state index contributed by atoms with van der Waals surface area (Å²) in [7, 11) is 1.05. The first-order valence-electron chi connectivity index (χ1n) is 9.16. The van der Waals surface area contributed by atoms with Crippen LogP contribution in [0.5, 0.6) is 0 Å². The number of rotatable bonds is 8. The molecule has 1 amide bonds. The fourth-order valence-corrected chi connectivity index (χ4v) is 2.89. The number of hydrogen-bond acceptors (Lipinski definition) is 6. The number of benzene rings is 1. The number of esters is 1. The van der Waals surface area contributed by atoms with Gasteiger partial charge in [-0.25, -0.2) is 9.48 Å². The lowest BCUT2D eigenvalue weighted by Gasteiger charge is -2.16. The van der Waals surface area contributed by atoms with Crippen LogP contribution in [0.2, 0.25) is 0 Å². The van der Waals surface area contributed by atoms with Gasteiger partial charge in [-0.1, -0.05) is 36.4 Å². The highest BCUT2D eigenvalue weighted by atomic mass is 19.3. The van der Waals surface area contributed by atoms with Crippen molar-refractivity contribution in [1.82, 2.24) is 20.1 Å². The average molecular weight is 428 g/mol. The normalized spacial score (nSPS) is 11.7. The molecule has 0 bridgehead atoms. The van der Waals surface area contributed by atoms with Crippen LogP contribution in [0.15, 0.2) is 60.9 Å². The van der Waals surface area contributed by atoms with Crippen molar-refractivity contribution in [2.75, 3.05) is 7.11 Å². The summed E-state index contributed by atoms with van der Waals surface area (Å²) < 4.78 is 31.2. The van der Waals surface area contributed by atoms with Gasteiger partial charge in [-0.05, 0) is 17.7 Å². The van der Waals surface area contributed by atoms with E-state index >= 15 is 0 Å². The van der Waals surface area contributed by atoms with E-state index in [1.165, 1.54) is 12.3 Å². The van der Waals surface area contributed by atoms with Crippen LogP contribution in [0, 0.1) is 0 Å². The number of alkyl halides is 2. The number of halogens is 2. The molecule has 3 aromatic rings. The molecular formula is C21H18F2N4O4. The Bertz CT molecular complexity index is 1070. The quantitative estimate of drug-likeness (QED) is 0.437. The number of ether oxygens (including phenoxy) is 1. The number of ketones is 1. The molecule has 1 N–H and O–H groups in total. The fraction of sp³-hybridized carbons (Fsp3) is 0.190. The number of Topliss-reactive ketones (excluding diaryl/α,β-unsaturated/α-hetero) is 1. The van der Waals surface area contributed by atoms with Crippen LogP contribution in [0.1, 0.15) is 22.5 Å². The molecule has 0 aliphatic heterocycles. The minimum Gasteiger partial charge on any atom is -0.463 e. The minimum atomic E-state index is -2.99. The second-order valence-corrected chi connectivity index (χ2v) is 6.44. The first kappa shape index (κ1) is 21.8. The summed E-state index contributed by atoms with van der Waals surface area (Å²) in [5.41, 5.74) is 0.585. The van der Waals surface area contributed by atoms with Crippen molar-refractivity contribution in [2.45, 2.75) is 19.0 Å². The molecule has 31 heavy (non-hydrogen) atoms. The molecule has 0 aliphatic carbocycles. The van der Waals surface area contributed by atoms with Gasteiger partial charge in [0.1, 0.15) is 11.7 Å². The molecule has 2 heterocycles.